The van der Waals surface area contributed by atoms with Crippen LogP contribution in [0.25, 0.3) is 0 Å². The quantitative estimate of drug-likeness (QED) is 0.661. The van der Waals surface area contributed by atoms with Crippen LogP contribution in [0.3, 0.4) is 0 Å². The van der Waals surface area contributed by atoms with Gasteiger partial charge in [0.15, 0.2) is 0 Å². The zero-order chi connectivity index (χ0) is 10.7. The largest absolute Gasteiger partial charge is 0.351 e. The molecule has 1 fully saturated rings. The van der Waals surface area contributed by atoms with Crippen molar-refractivity contribution in [3.05, 3.63) is 0 Å². The minimum atomic E-state index is -0.374. The van der Waals surface area contributed by atoms with Crippen molar-refractivity contribution < 1.29 is 4.79 Å². The summed E-state index contributed by atoms with van der Waals surface area (Å²) in [6.07, 6.45) is 1.03. The highest BCUT2D eigenvalue weighted by Crippen LogP contribution is 2.07. The van der Waals surface area contributed by atoms with E-state index in [9.17, 15) is 4.79 Å². The summed E-state index contributed by atoms with van der Waals surface area (Å²) in [5.41, 5.74) is 5.75. The van der Waals surface area contributed by atoms with Gasteiger partial charge in [0, 0.05) is 12.6 Å². The number of hydrogen-bond donors (Lipinski definition) is 2. The molecule has 1 aliphatic rings. The van der Waals surface area contributed by atoms with Crippen molar-refractivity contribution in [1.82, 2.24) is 10.2 Å². The van der Waals surface area contributed by atoms with Gasteiger partial charge in [0.2, 0.25) is 5.91 Å². The first-order valence-corrected chi connectivity index (χ1v) is 5.25. The first-order valence-electron chi connectivity index (χ1n) is 5.25. The minimum Gasteiger partial charge on any atom is -0.351 e. The molecule has 1 rings (SSSR count). The second-order valence-electron chi connectivity index (χ2n) is 4.53. The average Bonchev–Trinajstić information content (AvgIpc) is 2.49. The Hall–Kier alpha value is -0.610. The van der Waals surface area contributed by atoms with Gasteiger partial charge in [0.1, 0.15) is 0 Å². The third kappa shape index (κ3) is 2.96. The third-order valence-corrected chi connectivity index (χ3v) is 2.76. The van der Waals surface area contributed by atoms with Gasteiger partial charge in [0.05, 0.1) is 6.04 Å². The van der Waals surface area contributed by atoms with Crippen LogP contribution >= 0.6 is 0 Å². The van der Waals surface area contributed by atoms with E-state index < -0.39 is 0 Å². The summed E-state index contributed by atoms with van der Waals surface area (Å²) in [5, 5.41) is 2.98. The highest BCUT2D eigenvalue weighted by atomic mass is 16.2. The second-order valence-corrected chi connectivity index (χ2v) is 4.53. The summed E-state index contributed by atoms with van der Waals surface area (Å²) in [5.74, 6) is 0.189. The molecular weight excluding hydrogens is 178 g/mol. The van der Waals surface area contributed by atoms with Gasteiger partial charge < -0.3 is 16.0 Å². The number of carbonyl (C=O) groups is 1. The Morgan fingerprint density at radius 2 is 2.21 bits per heavy atom. The summed E-state index contributed by atoms with van der Waals surface area (Å²) >= 11 is 0. The van der Waals surface area contributed by atoms with E-state index in [1.54, 1.807) is 0 Å². The van der Waals surface area contributed by atoms with Crippen molar-refractivity contribution in [1.29, 1.82) is 0 Å². The molecule has 0 saturated carbocycles. The Bertz CT molecular complexity index is 206. The average molecular weight is 199 g/mol. The van der Waals surface area contributed by atoms with Crippen molar-refractivity contribution in [3.8, 4) is 0 Å². The van der Waals surface area contributed by atoms with Crippen LogP contribution in [0.2, 0.25) is 0 Å². The predicted octanol–water partition coefficient (Wildman–Crippen LogP) is -0.210. The van der Waals surface area contributed by atoms with Gasteiger partial charge in [-0.05, 0) is 25.9 Å². The molecular formula is C10H21N3O. The molecule has 1 heterocycles. The molecule has 0 radical (unpaired) electrons. The predicted molar refractivity (Wildman–Crippen MR) is 56.9 cm³/mol. The standard InChI is InChI=1S/C10H21N3O/c1-7(2)9(11)10(14)12-8-4-5-13(3)6-8/h7-9H,4-6,11H2,1-3H3,(H,12,14)/t8-,9-/m0/s1. The number of nitrogens with one attached hydrogen (secondary N) is 1. The normalized spacial score (nSPS) is 25.4. The monoisotopic (exact) mass is 199 g/mol. The molecule has 1 amide bonds. The second kappa shape index (κ2) is 4.75. The lowest BCUT2D eigenvalue weighted by atomic mass is 10.0. The summed E-state index contributed by atoms with van der Waals surface area (Å²) in [6, 6.07) is -0.0850. The van der Waals surface area contributed by atoms with E-state index in [4.69, 9.17) is 5.73 Å². The number of likely N-dealkylation sites (tertiary alicyclic amines) is 1. The maximum atomic E-state index is 11.6. The molecule has 0 aromatic heterocycles. The Kier molecular flexibility index (Phi) is 3.89. The lowest BCUT2D eigenvalue weighted by Crippen LogP contribution is -2.48. The Balaban J connectivity index is 2.33. The highest BCUT2D eigenvalue weighted by molar-refractivity contribution is 5.82. The van der Waals surface area contributed by atoms with Gasteiger partial charge in [0.25, 0.3) is 0 Å². The van der Waals surface area contributed by atoms with E-state index in [0.29, 0.717) is 0 Å². The number of nitrogens with two attached hydrogens (primary N) is 1. The number of rotatable bonds is 3. The van der Waals surface area contributed by atoms with Crippen molar-refractivity contribution in [2.45, 2.75) is 32.4 Å². The van der Waals surface area contributed by atoms with E-state index in [0.717, 1.165) is 19.5 Å². The van der Waals surface area contributed by atoms with Crippen LogP contribution < -0.4 is 11.1 Å². The molecule has 2 atom stereocenters. The third-order valence-electron chi connectivity index (χ3n) is 2.76. The molecule has 4 nitrogen and oxygen atoms in total. The van der Waals surface area contributed by atoms with Gasteiger partial charge in [-0.3, -0.25) is 4.79 Å². The number of carbonyl (C=O) groups excluding carboxylic acids is 1. The Morgan fingerprint density at radius 3 is 2.64 bits per heavy atom. The number of likely N-dealkylation sites (N-methyl/N-ethyl adjacent to an activating group) is 1. The molecule has 0 aromatic carbocycles. The van der Waals surface area contributed by atoms with Crippen molar-refractivity contribution in [2.24, 2.45) is 11.7 Å². The van der Waals surface area contributed by atoms with Crippen LogP contribution in [0.4, 0.5) is 0 Å². The first-order chi connectivity index (χ1) is 6.50. The molecule has 0 bridgehead atoms. The van der Waals surface area contributed by atoms with Gasteiger partial charge >= 0.3 is 0 Å². The molecule has 0 aliphatic carbocycles. The maximum absolute atomic E-state index is 11.6. The fraction of sp³-hybridized carbons (Fsp3) is 0.900. The van der Waals surface area contributed by atoms with E-state index in [1.807, 2.05) is 13.8 Å². The maximum Gasteiger partial charge on any atom is 0.237 e. The summed E-state index contributed by atoms with van der Waals surface area (Å²) in [6.45, 7) is 5.93. The summed E-state index contributed by atoms with van der Waals surface area (Å²) in [4.78, 5) is 13.8. The van der Waals surface area contributed by atoms with Crippen LogP contribution in [0.1, 0.15) is 20.3 Å². The van der Waals surface area contributed by atoms with Crippen LogP contribution in [-0.4, -0.2) is 43.0 Å². The topological polar surface area (TPSA) is 58.4 Å². The Morgan fingerprint density at radius 1 is 1.57 bits per heavy atom. The van der Waals surface area contributed by atoms with Crippen molar-refractivity contribution in [3.63, 3.8) is 0 Å². The minimum absolute atomic E-state index is 0.0136. The van der Waals surface area contributed by atoms with Crippen molar-refractivity contribution in [2.75, 3.05) is 20.1 Å². The molecule has 14 heavy (non-hydrogen) atoms. The van der Waals surface area contributed by atoms with Crippen LogP contribution in [0, 0.1) is 5.92 Å². The summed E-state index contributed by atoms with van der Waals surface area (Å²) in [7, 11) is 2.06. The zero-order valence-electron chi connectivity index (χ0n) is 9.29. The van der Waals surface area contributed by atoms with Crippen LogP contribution in [0.15, 0.2) is 0 Å². The summed E-state index contributed by atoms with van der Waals surface area (Å²) < 4.78 is 0. The number of hydrogen-bond acceptors (Lipinski definition) is 3. The van der Waals surface area contributed by atoms with Gasteiger partial charge in [-0.15, -0.1) is 0 Å². The van der Waals surface area contributed by atoms with E-state index in [-0.39, 0.29) is 23.9 Å². The smallest absolute Gasteiger partial charge is 0.237 e. The van der Waals surface area contributed by atoms with E-state index in [1.165, 1.54) is 0 Å². The first kappa shape index (κ1) is 11.5. The van der Waals surface area contributed by atoms with Gasteiger partial charge in [-0.1, -0.05) is 13.8 Å². The van der Waals surface area contributed by atoms with E-state index in [2.05, 4.69) is 17.3 Å². The molecule has 0 spiro atoms. The molecule has 3 N–H and O–H groups in total. The fourth-order valence-electron chi connectivity index (χ4n) is 1.65. The van der Waals surface area contributed by atoms with Gasteiger partial charge in [-0.25, -0.2) is 0 Å². The zero-order valence-corrected chi connectivity index (χ0v) is 9.29. The van der Waals surface area contributed by atoms with Crippen molar-refractivity contribution >= 4 is 5.91 Å². The fourth-order valence-corrected chi connectivity index (χ4v) is 1.65. The Labute approximate surface area is 85.8 Å². The molecule has 0 unspecified atom stereocenters. The molecule has 0 aromatic rings. The molecule has 4 heteroatoms. The number of amides is 1. The SMILES string of the molecule is CC(C)[C@H](N)C(=O)N[C@H]1CCN(C)C1. The van der Waals surface area contributed by atoms with Crippen LogP contribution in [0.5, 0.6) is 0 Å². The number of nitrogens with zero attached hydrogens (tertiary/aromatic N) is 1. The van der Waals surface area contributed by atoms with Gasteiger partial charge in [-0.2, -0.15) is 0 Å². The van der Waals surface area contributed by atoms with E-state index >= 15 is 0 Å². The lowest BCUT2D eigenvalue weighted by molar-refractivity contribution is -0.123. The molecule has 82 valence electrons. The lowest BCUT2D eigenvalue weighted by Gasteiger charge is -2.19. The molecule has 1 aliphatic heterocycles. The molecule has 1 saturated heterocycles. The highest BCUT2D eigenvalue weighted by Gasteiger charge is 2.24. The van der Waals surface area contributed by atoms with Crippen LogP contribution in [-0.2, 0) is 4.79 Å².